The lowest BCUT2D eigenvalue weighted by Crippen LogP contribution is -2.14. The van der Waals surface area contributed by atoms with Gasteiger partial charge in [-0.25, -0.2) is 4.98 Å². The fraction of sp³-hybridized carbons (Fsp3) is 0.429. The molecular formula is C14H20N4OS. The second-order valence-corrected chi connectivity index (χ2v) is 6.24. The number of anilines is 2. The summed E-state index contributed by atoms with van der Waals surface area (Å²) in [6.07, 6.45) is 0. The molecule has 0 saturated heterocycles. The van der Waals surface area contributed by atoms with E-state index in [1.807, 2.05) is 24.3 Å². The Balaban J connectivity index is 1.79. The van der Waals surface area contributed by atoms with Crippen molar-refractivity contribution >= 4 is 22.4 Å². The van der Waals surface area contributed by atoms with Gasteiger partial charge in [0, 0.05) is 16.9 Å². The first-order valence-electron chi connectivity index (χ1n) is 6.52. The van der Waals surface area contributed by atoms with Crippen LogP contribution in [0.15, 0.2) is 24.3 Å². The normalized spacial score (nSPS) is 11.3. The highest BCUT2D eigenvalue weighted by atomic mass is 32.1. The summed E-state index contributed by atoms with van der Waals surface area (Å²) in [7, 11) is 0. The van der Waals surface area contributed by atoms with Gasteiger partial charge in [-0.05, 0) is 12.1 Å². The smallest absolute Gasteiger partial charge is 0.202 e. The molecule has 6 heteroatoms. The molecule has 1 aromatic carbocycles. The molecule has 0 unspecified atom stereocenters. The predicted molar refractivity (Wildman–Crippen MR) is 83.4 cm³/mol. The van der Waals surface area contributed by atoms with Crippen LogP contribution < -0.4 is 15.8 Å². The number of nitrogen functional groups attached to an aromatic ring is 1. The van der Waals surface area contributed by atoms with E-state index in [0.717, 1.165) is 11.0 Å². The minimum absolute atomic E-state index is 0.0224. The van der Waals surface area contributed by atoms with Gasteiger partial charge in [-0.15, -0.1) is 0 Å². The van der Waals surface area contributed by atoms with Crippen LogP contribution in [0.2, 0.25) is 0 Å². The quantitative estimate of drug-likeness (QED) is 0.655. The Morgan fingerprint density at radius 3 is 2.70 bits per heavy atom. The summed E-state index contributed by atoms with van der Waals surface area (Å²) < 4.78 is 9.95. The average Bonchev–Trinajstić information content (AvgIpc) is 2.85. The zero-order valence-corrected chi connectivity index (χ0v) is 12.8. The van der Waals surface area contributed by atoms with Crippen LogP contribution in [0.5, 0.6) is 5.75 Å². The molecule has 2 rings (SSSR count). The monoisotopic (exact) mass is 292 g/mol. The van der Waals surface area contributed by atoms with Crippen LogP contribution in [0.1, 0.15) is 26.6 Å². The van der Waals surface area contributed by atoms with Crippen molar-refractivity contribution in [2.45, 2.75) is 26.2 Å². The molecule has 3 N–H and O–H groups in total. The number of aromatic nitrogens is 2. The third-order valence-corrected chi connectivity index (χ3v) is 3.32. The number of ether oxygens (including phenoxy) is 1. The van der Waals surface area contributed by atoms with Crippen LogP contribution in [0.25, 0.3) is 0 Å². The molecule has 0 fully saturated rings. The SMILES string of the molecule is CC(C)(C)c1nsc(NCCOc2ccccc2N)n1. The molecule has 0 spiro atoms. The van der Waals surface area contributed by atoms with E-state index in [4.69, 9.17) is 10.5 Å². The fourth-order valence-electron chi connectivity index (χ4n) is 1.53. The van der Waals surface area contributed by atoms with Crippen molar-refractivity contribution in [1.82, 2.24) is 9.36 Å². The maximum Gasteiger partial charge on any atom is 0.202 e. The number of hydrogen-bond donors (Lipinski definition) is 2. The maximum absolute atomic E-state index is 5.80. The van der Waals surface area contributed by atoms with E-state index in [0.29, 0.717) is 24.6 Å². The molecule has 20 heavy (non-hydrogen) atoms. The summed E-state index contributed by atoms with van der Waals surface area (Å²) in [5, 5.41) is 4.02. The first-order chi connectivity index (χ1) is 9.47. The number of nitrogens with zero attached hydrogens (tertiary/aromatic N) is 2. The first kappa shape index (κ1) is 14.6. The molecule has 0 saturated carbocycles. The van der Waals surface area contributed by atoms with Gasteiger partial charge in [0.1, 0.15) is 18.2 Å². The Morgan fingerprint density at radius 2 is 2.05 bits per heavy atom. The number of nitrogens with one attached hydrogen (secondary N) is 1. The Kier molecular flexibility index (Phi) is 4.44. The Labute approximate surface area is 123 Å². The van der Waals surface area contributed by atoms with Crippen molar-refractivity contribution in [1.29, 1.82) is 0 Å². The lowest BCUT2D eigenvalue weighted by atomic mass is 9.96. The number of hydrogen-bond acceptors (Lipinski definition) is 6. The van der Waals surface area contributed by atoms with Gasteiger partial charge in [-0.2, -0.15) is 4.37 Å². The Hall–Kier alpha value is -1.82. The van der Waals surface area contributed by atoms with E-state index < -0.39 is 0 Å². The van der Waals surface area contributed by atoms with Crippen molar-refractivity contribution in [3.63, 3.8) is 0 Å². The number of rotatable bonds is 5. The third-order valence-electron chi connectivity index (χ3n) is 2.65. The van der Waals surface area contributed by atoms with Crippen molar-refractivity contribution in [3.05, 3.63) is 30.1 Å². The molecule has 1 heterocycles. The topological polar surface area (TPSA) is 73.1 Å². The van der Waals surface area contributed by atoms with Gasteiger partial charge in [-0.1, -0.05) is 32.9 Å². The molecule has 0 bridgehead atoms. The van der Waals surface area contributed by atoms with Crippen LogP contribution in [0.4, 0.5) is 10.8 Å². The highest BCUT2D eigenvalue weighted by Crippen LogP contribution is 2.23. The summed E-state index contributed by atoms with van der Waals surface area (Å²) in [5.74, 6) is 1.57. The summed E-state index contributed by atoms with van der Waals surface area (Å²) in [5.41, 5.74) is 6.43. The molecule has 0 radical (unpaired) electrons. The molecule has 0 aliphatic heterocycles. The number of nitrogens with two attached hydrogens (primary N) is 1. The van der Waals surface area contributed by atoms with Gasteiger partial charge in [-0.3, -0.25) is 0 Å². The molecule has 5 nitrogen and oxygen atoms in total. The van der Waals surface area contributed by atoms with Crippen LogP contribution in [-0.4, -0.2) is 22.5 Å². The van der Waals surface area contributed by atoms with Gasteiger partial charge in [0.15, 0.2) is 0 Å². The van der Waals surface area contributed by atoms with Gasteiger partial charge >= 0.3 is 0 Å². The molecule has 2 aromatic rings. The second kappa shape index (κ2) is 6.09. The lowest BCUT2D eigenvalue weighted by molar-refractivity contribution is 0.334. The highest BCUT2D eigenvalue weighted by molar-refractivity contribution is 7.09. The van der Waals surface area contributed by atoms with Crippen LogP contribution in [0.3, 0.4) is 0 Å². The van der Waals surface area contributed by atoms with Crippen LogP contribution in [0, 0.1) is 0 Å². The van der Waals surface area contributed by atoms with E-state index in [2.05, 4.69) is 35.4 Å². The highest BCUT2D eigenvalue weighted by Gasteiger charge is 2.19. The lowest BCUT2D eigenvalue weighted by Gasteiger charge is -2.12. The van der Waals surface area contributed by atoms with Crippen molar-refractivity contribution in [3.8, 4) is 5.75 Å². The molecule has 108 valence electrons. The Bertz CT molecular complexity index is 562. The minimum Gasteiger partial charge on any atom is -0.490 e. The number of para-hydroxylation sites is 2. The first-order valence-corrected chi connectivity index (χ1v) is 7.29. The molecule has 0 amide bonds. The van der Waals surface area contributed by atoms with Crippen LogP contribution in [-0.2, 0) is 5.41 Å². The van der Waals surface area contributed by atoms with Crippen molar-refractivity contribution < 1.29 is 4.74 Å². The molecule has 0 aliphatic carbocycles. The van der Waals surface area contributed by atoms with Crippen molar-refractivity contribution in [2.24, 2.45) is 0 Å². The van der Waals surface area contributed by atoms with Crippen LogP contribution >= 0.6 is 11.5 Å². The maximum atomic E-state index is 5.80. The van der Waals surface area contributed by atoms with E-state index >= 15 is 0 Å². The summed E-state index contributed by atoms with van der Waals surface area (Å²) in [6.45, 7) is 7.48. The average molecular weight is 292 g/mol. The van der Waals surface area contributed by atoms with Crippen molar-refractivity contribution in [2.75, 3.05) is 24.2 Å². The summed E-state index contributed by atoms with van der Waals surface area (Å²) in [6, 6.07) is 7.47. The predicted octanol–water partition coefficient (Wildman–Crippen LogP) is 2.91. The van der Waals surface area contributed by atoms with Gasteiger partial charge in [0.2, 0.25) is 5.13 Å². The van der Waals surface area contributed by atoms with Gasteiger partial charge in [0.25, 0.3) is 0 Å². The molecular weight excluding hydrogens is 272 g/mol. The zero-order chi connectivity index (χ0) is 14.6. The van der Waals surface area contributed by atoms with Gasteiger partial charge < -0.3 is 15.8 Å². The van der Waals surface area contributed by atoms with E-state index in [-0.39, 0.29) is 5.41 Å². The zero-order valence-electron chi connectivity index (χ0n) is 12.0. The molecule has 0 atom stereocenters. The standard InChI is InChI=1S/C14H20N4OS/c1-14(2,3)12-17-13(20-18-12)16-8-9-19-11-7-5-4-6-10(11)15/h4-7H,8-9,15H2,1-3H3,(H,16,17,18). The largest absolute Gasteiger partial charge is 0.490 e. The third kappa shape index (κ3) is 3.84. The van der Waals surface area contributed by atoms with Gasteiger partial charge in [0.05, 0.1) is 12.2 Å². The van der Waals surface area contributed by atoms with E-state index in [1.165, 1.54) is 11.5 Å². The number of benzene rings is 1. The molecule has 0 aliphatic rings. The summed E-state index contributed by atoms with van der Waals surface area (Å²) >= 11 is 1.37. The fourth-order valence-corrected chi connectivity index (χ4v) is 2.31. The van der Waals surface area contributed by atoms with E-state index in [9.17, 15) is 0 Å². The Morgan fingerprint density at radius 1 is 1.30 bits per heavy atom. The molecule has 1 aromatic heterocycles. The minimum atomic E-state index is -0.0224. The second-order valence-electron chi connectivity index (χ2n) is 5.49. The summed E-state index contributed by atoms with van der Waals surface area (Å²) in [4.78, 5) is 4.46. The van der Waals surface area contributed by atoms with E-state index in [1.54, 1.807) is 0 Å².